The number of amides is 3. The van der Waals surface area contributed by atoms with E-state index in [0.29, 0.717) is 49.0 Å². The Morgan fingerprint density at radius 1 is 1.03 bits per heavy atom. The number of aromatic nitrogens is 3. The summed E-state index contributed by atoms with van der Waals surface area (Å²) in [6.45, 7) is 3.56. The van der Waals surface area contributed by atoms with Crippen LogP contribution in [0.1, 0.15) is 45.1 Å². The Morgan fingerprint density at radius 3 is 2.50 bits per heavy atom. The second-order valence-electron chi connectivity index (χ2n) is 9.63. The number of fused-ring (bicyclic) bond motifs is 1. The molecule has 1 aromatic carbocycles. The topological polar surface area (TPSA) is 97.8 Å². The number of urea groups is 1. The fourth-order valence-corrected chi connectivity index (χ4v) is 4.84. The predicted molar refractivity (Wildman–Crippen MR) is 131 cm³/mol. The molecule has 1 aliphatic carbocycles. The molecule has 0 atom stereocenters. The lowest BCUT2D eigenvalue weighted by molar-refractivity contribution is -0.137. The Morgan fingerprint density at radius 2 is 1.79 bits per heavy atom. The van der Waals surface area contributed by atoms with Crippen molar-refractivity contribution < 1.29 is 32.2 Å². The van der Waals surface area contributed by atoms with Crippen LogP contribution >= 0.6 is 0 Å². The minimum atomic E-state index is -4.60. The summed E-state index contributed by atoms with van der Waals surface area (Å²) < 4.78 is 51.2. The van der Waals surface area contributed by atoms with Gasteiger partial charge in [0.05, 0.1) is 34.5 Å². The number of hydrogen-bond donors (Lipinski definition) is 0. The number of carbonyl (C=O) groups is 2. The molecule has 2 aromatic heterocycles. The molecule has 9 nitrogen and oxygen atoms in total. The first kappa shape index (κ1) is 25.7. The van der Waals surface area contributed by atoms with Gasteiger partial charge in [-0.15, -0.1) is 0 Å². The highest BCUT2D eigenvalue weighted by molar-refractivity contribution is 6.12. The van der Waals surface area contributed by atoms with Gasteiger partial charge in [0.15, 0.2) is 0 Å². The quantitative estimate of drug-likeness (QED) is 0.415. The van der Waals surface area contributed by atoms with Gasteiger partial charge in [0.1, 0.15) is 24.7 Å². The lowest BCUT2D eigenvalue weighted by Crippen LogP contribution is -2.44. The van der Waals surface area contributed by atoms with Crippen molar-refractivity contribution in [1.82, 2.24) is 19.9 Å². The first-order valence-electron chi connectivity index (χ1n) is 12.3. The van der Waals surface area contributed by atoms with E-state index in [2.05, 4.69) is 15.0 Å². The minimum absolute atomic E-state index is 0.0309. The predicted octanol–water partition coefficient (Wildman–Crippen LogP) is 4.99. The average molecular weight is 530 g/mol. The Bertz CT molecular complexity index is 1360. The third-order valence-electron chi connectivity index (χ3n) is 6.59. The van der Waals surface area contributed by atoms with Crippen LogP contribution in [0.4, 0.5) is 23.7 Å². The number of hydrogen-bond acceptors (Lipinski definition) is 7. The van der Waals surface area contributed by atoms with Crippen LogP contribution in [0.3, 0.4) is 0 Å². The van der Waals surface area contributed by atoms with Gasteiger partial charge in [-0.1, -0.05) is 0 Å². The van der Waals surface area contributed by atoms with E-state index in [1.807, 2.05) is 32.0 Å². The first-order valence-corrected chi connectivity index (χ1v) is 12.3. The number of alkyl halides is 3. The molecule has 0 N–H and O–H groups in total. The molecule has 0 spiro atoms. The fourth-order valence-electron chi connectivity index (χ4n) is 4.84. The van der Waals surface area contributed by atoms with Gasteiger partial charge in [0.25, 0.3) is 5.91 Å². The van der Waals surface area contributed by atoms with E-state index >= 15 is 0 Å². The first-order chi connectivity index (χ1) is 18.1. The molecule has 0 bridgehead atoms. The van der Waals surface area contributed by atoms with E-state index in [-0.39, 0.29) is 30.5 Å². The maximum absolute atomic E-state index is 13.1. The molecule has 3 amide bonds. The molecule has 0 radical (unpaired) electrons. The van der Waals surface area contributed by atoms with Gasteiger partial charge in [-0.05, 0) is 57.7 Å². The number of nitrogens with zero attached hydrogens (tertiary/aromatic N) is 5. The van der Waals surface area contributed by atoms with Crippen LogP contribution in [-0.4, -0.2) is 56.6 Å². The molecule has 3 aromatic rings. The summed E-state index contributed by atoms with van der Waals surface area (Å²) in [5.41, 5.74) is -0.346. The van der Waals surface area contributed by atoms with Crippen LogP contribution in [0.5, 0.6) is 11.6 Å². The summed E-state index contributed by atoms with van der Waals surface area (Å²) in [7, 11) is 0. The molecule has 38 heavy (non-hydrogen) atoms. The van der Waals surface area contributed by atoms with Gasteiger partial charge in [-0.25, -0.2) is 14.8 Å². The number of carbonyl (C=O) groups excluding carboxylic acids is 2. The smallest absolute Gasteiger partial charge is 0.417 e. The molecule has 12 heteroatoms. The molecular formula is C26H26F3N5O4. The van der Waals surface area contributed by atoms with Gasteiger partial charge in [-0.2, -0.15) is 13.2 Å². The Kier molecular flexibility index (Phi) is 6.80. The van der Waals surface area contributed by atoms with Gasteiger partial charge in [0.2, 0.25) is 5.88 Å². The summed E-state index contributed by atoms with van der Waals surface area (Å²) in [4.78, 5) is 40.2. The Hall–Kier alpha value is -3.96. The van der Waals surface area contributed by atoms with Crippen molar-refractivity contribution in [1.29, 1.82) is 0 Å². The maximum Gasteiger partial charge on any atom is 0.417 e. The van der Waals surface area contributed by atoms with E-state index in [1.165, 1.54) is 6.33 Å². The molecular weight excluding hydrogens is 503 g/mol. The summed E-state index contributed by atoms with van der Waals surface area (Å²) in [6, 6.07) is 5.35. The third-order valence-corrected chi connectivity index (χ3v) is 6.59. The number of ether oxygens (including phenoxy) is 2. The van der Waals surface area contributed by atoms with Crippen molar-refractivity contribution in [3.05, 3.63) is 48.5 Å². The number of anilines is 1. The zero-order chi connectivity index (χ0) is 27.0. The summed E-state index contributed by atoms with van der Waals surface area (Å²) in [6.07, 6.45) is 0.686. The minimum Gasteiger partial charge on any atom is -0.491 e. The highest BCUT2D eigenvalue weighted by atomic mass is 19.4. The van der Waals surface area contributed by atoms with Gasteiger partial charge in [0, 0.05) is 18.3 Å². The lowest BCUT2D eigenvalue weighted by Gasteiger charge is -2.33. The van der Waals surface area contributed by atoms with Crippen molar-refractivity contribution in [3.63, 3.8) is 0 Å². The molecule has 2 aliphatic rings. The van der Waals surface area contributed by atoms with Crippen molar-refractivity contribution in [2.75, 3.05) is 11.4 Å². The number of rotatable bonds is 6. The monoisotopic (exact) mass is 529 g/mol. The van der Waals surface area contributed by atoms with E-state index in [0.717, 1.165) is 27.4 Å². The van der Waals surface area contributed by atoms with Crippen molar-refractivity contribution in [2.45, 2.75) is 64.0 Å². The van der Waals surface area contributed by atoms with E-state index in [9.17, 15) is 22.8 Å². The van der Waals surface area contributed by atoms with E-state index in [1.54, 1.807) is 0 Å². The maximum atomic E-state index is 13.1. The van der Waals surface area contributed by atoms with Gasteiger partial charge >= 0.3 is 12.2 Å². The standard InChI is InChI=1S/C26H26F3N5O4/c1-15(2)37-20-7-8-21-22(10-20)31-14-32-24(21)38-19-5-3-17(4-6-19)34-23(35)13-33(25(34)36)18-9-16(11-30-12-18)26(27,28)29/h7-12,14-15,17,19H,3-6,13H2,1-2H3/t17-,19-. The van der Waals surface area contributed by atoms with E-state index < -0.39 is 23.7 Å². The van der Waals surface area contributed by atoms with Gasteiger partial charge in [-0.3, -0.25) is 19.6 Å². The average Bonchev–Trinajstić information content (AvgIpc) is 3.17. The van der Waals surface area contributed by atoms with Crippen molar-refractivity contribution in [3.8, 4) is 11.6 Å². The molecule has 200 valence electrons. The highest BCUT2D eigenvalue weighted by Gasteiger charge is 2.43. The second-order valence-corrected chi connectivity index (χ2v) is 9.63. The molecule has 1 saturated heterocycles. The zero-order valence-corrected chi connectivity index (χ0v) is 20.8. The second kappa shape index (κ2) is 10.1. The van der Waals surface area contributed by atoms with Crippen molar-refractivity contribution in [2.24, 2.45) is 0 Å². The van der Waals surface area contributed by atoms with Gasteiger partial charge < -0.3 is 9.47 Å². The number of halogens is 3. The lowest BCUT2D eigenvalue weighted by atomic mass is 9.92. The zero-order valence-electron chi connectivity index (χ0n) is 20.8. The number of imide groups is 1. The SMILES string of the molecule is CC(C)Oc1ccc2c(O[C@H]3CC[C@H](N4C(=O)CN(c5cncc(C(F)(F)F)c5)C4=O)CC3)ncnc2c1. The van der Waals surface area contributed by atoms with Crippen LogP contribution in [0.25, 0.3) is 10.9 Å². The molecule has 5 rings (SSSR count). The molecule has 1 aliphatic heterocycles. The number of benzene rings is 1. The fraction of sp³-hybridized carbons (Fsp3) is 0.423. The third kappa shape index (κ3) is 5.20. The highest BCUT2D eigenvalue weighted by Crippen LogP contribution is 2.35. The molecule has 1 saturated carbocycles. The summed E-state index contributed by atoms with van der Waals surface area (Å²) >= 11 is 0. The van der Waals surface area contributed by atoms with Crippen LogP contribution < -0.4 is 14.4 Å². The molecule has 0 unspecified atom stereocenters. The molecule has 3 heterocycles. The Labute approximate surface area is 216 Å². The van der Waals surface area contributed by atoms with Crippen LogP contribution in [0.15, 0.2) is 43.0 Å². The van der Waals surface area contributed by atoms with E-state index in [4.69, 9.17) is 9.47 Å². The molecule has 2 fully saturated rings. The van der Waals surface area contributed by atoms with Crippen LogP contribution in [0, 0.1) is 0 Å². The van der Waals surface area contributed by atoms with Crippen molar-refractivity contribution >= 4 is 28.5 Å². The van der Waals surface area contributed by atoms with Crippen LogP contribution in [0.2, 0.25) is 0 Å². The summed E-state index contributed by atoms with van der Waals surface area (Å²) in [5.74, 6) is 0.705. The summed E-state index contributed by atoms with van der Waals surface area (Å²) in [5, 5.41) is 0.751. The number of pyridine rings is 1. The Balaban J connectivity index is 1.24. The normalized spacial score (nSPS) is 20.5. The largest absolute Gasteiger partial charge is 0.491 e. The van der Waals surface area contributed by atoms with Crippen LogP contribution in [-0.2, 0) is 11.0 Å².